The molecule has 0 fully saturated rings. The van der Waals surface area contributed by atoms with Crippen LogP contribution in [0.3, 0.4) is 0 Å². The van der Waals surface area contributed by atoms with E-state index in [1.807, 2.05) is 7.05 Å². The molecule has 0 radical (unpaired) electrons. The van der Waals surface area contributed by atoms with Gasteiger partial charge in [0.15, 0.2) is 0 Å². The van der Waals surface area contributed by atoms with Gasteiger partial charge in [0, 0.05) is 28.6 Å². The number of fused-ring (bicyclic) bond motifs is 1. The summed E-state index contributed by atoms with van der Waals surface area (Å²) >= 11 is 3.52. The highest BCUT2D eigenvalue weighted by molar-refractivity contribution is 9.10. The molecule has 0 bridgehead atoms. The lowest BCUT2D eigenvalue weighted by atomic mass is 10.1. The maximum Gasteiger partial charge on any atom is 0.0491 e. The van der Waals surface area contributed by atoms with Crippen LogP contribution < -0.4 is 5.32 Å². The molecule has 1 heterocycles. The number of aromatic nitrogens is 1. The van der Waals surface area contributed by atoms with Crippen LogP contribution in [0.1, 0.15) is 12.0 Å². The predicted molar refractivity (Wildman–Crippen MR) is 72.9 cm³/mol. The Morgan fingerprint density at radius 2 is 2.19 bits per heavy atom. The Kier molecular flexibility index (Phi) is 3.66. The summed E-state index contributed by atoms with van der Waals surface area (Å²) in [6.45, 7) is 1.08. The fourth-order valence-corrected chi connectivity index (χ4v) is 2.44. The van der Waals surface area contributed by atoms with E-state index in [4.69, 9.17) is 0 Å². The second-order valence-electron chi connectivity index (χ2n) is 4.13. The molecule has 1 aromatic heterocycles. The summed E-state index contributed by atoms with van der Waals surface area (Å²) in [6, 6.07) is 6.49. The Morgan fingerprint density at radius 3 is 2.94 bits per heavy atom. The fourth-order valence-electron chi connectivity index (χ4n) is 2.10. The topological polar surface area (TPSA) is 17.0 Å². The summed E-state index contributed by atoms with van der Waals surface area (Å²) in [5, 5.41) is 4.56. The third kappa shape index (κ3) is 2.30. The molecule has 0 aliphatic heterocycles. The lowest BCUT2D eigenvalue weighted by Gasteiger charge is -1.99. The molecule has 86 valence electrons. The Hall–Kier alpha value is -0.800. The van der Waals surface area contributed by atoms with Crippen molar-refractivity contribution in [3.8, 4) is 0 Å². The first-order valence-electron chi connectivity index (χ1n) is 5.60. The number of rotatable bonds is 4. The number of benzene rings is 1. The molecule has 3 heteroatoms. The van der Waals surface area contributed by atoms with Gasteiger partial charge in [0.25, 0.3) is 0 Å². The number of aryl methyl sites for hydroxylation is 2. The van der Waals surface area contributed by atoms with Crippen molar-refractivity contribution >= 4 is 26.8 Å². The maximum atomic E-state index is 3.52. The minimum atomic E-state index is 1.08. The van der Waals surface area contributed by atoms with Crippen molar-refractivity contribution in [1.29, 1.82) is 0 Å². The Bertz CT molecular complexity index is 488. The molecule has 2 aromatic rings. The highest BCUT2D eigenvalue weighted by Crippen LogP contribution is 2.25. The van der Waals surface area contributed by atoms with Crippen molar-refractivity contribution in [2.75, 3.05) is 13.6 Å². The highest BCUT2D eigenvalue weighted by atomic mass is 79.9. The van der Waals surface area contributed by atoms with E-state index in [0.717, 1.165) is 17.4 Å². The van der Waals surface area contributed by atoms with Crippen LogP contribution in [-0.4, -0.2) is 18.2 Å². The molecule has 2 nitrogen and oxygen atoms in total. The lowest BCUT2D eigenvalue weighted by Crippen LogP contribution is -2.08. The largest absolute Gasteiger partial charge is 0.350 e. The molecule has 0 aliphatic rings. The molecule has 0 spiro atoms. The van der Waals surface area contributed by atoms with Crippen LogP contribution in [0.2, 0.25) is 0 Å². The van der Waals surface area contributed by atoms with Crippen molar-refractivity contribution in [1.82, 2.24) is 9.88 Å². The van der Waals surface area contributed by atoms with E-state index >= 15 is 0 Å². The summed E-state index contributed by atoms with van der Waals surface area (Å²) in [7, 11) is 4.11. The molecule has 0 atom stereocenters. The van der Waals surface area contributed by atoms with Gasteiger partial charge in [0.2, 0.25) is 0 Å². The van der Waals surface area contributed by atoms with Gasteiger partial charge in [0.05, 0.1) is 0 Å². The van der Waals surface area contributed by atoms with Crippen molar-refractivity contribution in [3.63, 3.8) is 0 Å². The zero-order valence-corrected chi connectivity index (χ0v) is 11.3. The molecule has 16 heavy (non-hydrogen) atoms. The standard InChI is InChI=1S/C13H17BrN2/c1-15-7-3-4-10-9-16(2)13-8-11(14)5-6-12(10)13/h5-6,8-9,15H,3-4,7H2,1-2H3. The van der Waals surface area contributed by atoms with Gasteiger partial charge in [-0.15, -0.1) is 0 Å². The van der Waals surface area contributed by atoms with Crippen LogP contribution in [0.25, 0.3) is 10.9 Å². The zero-order valence-electron chi connectivity index (χ0n) is 9.76. The third-order valence-corrected chi connectivity index (χ3v) is 3.40. The normalized spacial score (nSPS) is 11.2. The Balaban J connectivity index is 2.32. The van der Waals surface area contributed by atoms with Gasteiger partial charge in [-0.2, -0.15) is 0 Å². The highest BCUT2D eigenvalue weighted by Gasteiger charge is 2.06. The van der Waals surface area contributed by atoms with Crippen molar-refractivity contribution in [3.05, 3.63) is 34.4 Å². The summed E-state index contributed by atoms with van der Waals surface area (Å²) in [5.41, 5.74) is 2.74. The molecular weight excluding hydrogens is 264 g/mol. The van der Waals surface area contributed by atoms with Crippen molar-refractivity contribution in [2.24, 2.45) is 7.05 Å². The Morgan fingerprint density at radius 1 is 1.38 bits per heavy atom. The van der Waals surface area contributed by atoms with Gasteiger partial charge in [-0.3, -0.25) is 0 Å². The van der Waals surface area contributed by atoms with E-state index in [-0.39, 0.29) is 0 Å². The van der Waals surface area contributed by atoms with E-state index in [2.05, 4.69) is 57.3 Å². The second-order valence-corrected chi connectivity index (χ2v) is 5.05. The molecule has 0 aliphatic carbocycles. The second kappa shape index (κ2) is 5.02. The van der Waals surface area contributed by atoms with Crippen LogP contribution in [0.15, 0.2) is 28.9 Å². The summed E-state index contributed by atoms with van der Waals surface area (Å²) < 4.78 is 3.34. The third-order valence-electron chi connectivity index (χ3n) is 2.91. The van der Waals surface area contributed by atoms with Gasteiger partial charge in [-0.25, -0.2) is 0 Å². The van der Waals surface area contributed by atoms with Crippen LogP contribution >= 0.6 is 15.9 Å². The molecular formula is C13H17BrN2. The Labute approximate surface area is 105 Å². The molecule has 0 unspecified atom stereocenters. The number of hydrogen-bond donors (Lipinski definition) is 1. The van der Waals surface area contributed by atoms with Crippen LogP contribution in [0.4, 0.5) is 0 Å². The summed E-state index contributed by atoms with van der Waals surface area (Å²) in [5.74, 6) is 0. The van der Waals surface area contributed by atoms with E-state index in [1.54, 1.807) is 0 Å². The smallest absolute Gasteiger partial charge is 0.0491 e. The van der Waals surface area contributed by atoms with E-state index in [0.29, 0.717) is 0 Å². The van der Waals surface area contributed by atoms with Gasteiger partial charge in [-0.05, 0) is 44.1 Å². The maximum absolute atomic E-state index is 3.52. The first kappa shape index (κ1) is 11.7. The average molecular weight is 281 g/mol. The summed E-state index contributed by atoms with van der Waals surface area (Å²) in [6.07, 6.45) is 4.57. The van der Waals surface area contributed by atoms with Gasteiger partial charge in [-0.1, -0.05) is 22.0 Å². The van der Waals surface area contributed by atoms with Crippen LogP contribution in [0.5, 0.6) is 0 Å². The van der Waals surface area contributed by atoms with E-state index < -0.39 is 0 Å². The molecule has 0 saturated carbocycles. The number of nitrogens with zero attached hydrogens (tertiary/aromatic N) is 1. The predicted octanol–water partition coefficient (Wildman–Crippen LogP) is 3.09. The first-order valence-corrected chi connectivity index (χ1v) is 6.39. The van der Waals surface area contributed by atoms with Gasteiger partial charge in [0.1, 0.15) is 0 Å². The molecule has 0 saturated heterocycles. The van der Waals surface area contributed by atoms with Gasteiger partial charge >= 0.3 is 0 Å². The minimum absolute atomic E-state index is 1.08. The quantitative estimate of drug-likeness (QED) is 0.852. The molecule has 1 N–H and O–H groups in total. The SMILES string of the molecule is CNCCCc1cn(C)c2cc(Br)ccc12. The number of halogens is 1. The van der Waals surface area contributed by atoms with E-state index in [9.17, 15) is 0 Å². The molecule has 2 rings (SSSR count). The van der Waals surface area contributed by atoms with Crippen LogP contribution in [-0.2, 0) is 13.5 Å². The van der Waals surface area contributed by atoms with Gasteiger partial charge < -0.3 is 9.88 Å². The molecule has 1 aromatic carbocycles. The number of hydrogen-bond acceptors (Lipinski definition) is 1. The average Bonchev–Trinajstić information content (AvgIpc) is 2.56. The zero-order chi connectivity index (χ0) is 11.5. The molecule has 0 amide bonds. The lowest BCUT2D eigenvalue weighted by molar-refractivity contribution is 0.725. The summed E-state index contributed by atoms with van der Waals surface area (Å²) in [4.78, 5) is 0. The first-order chi connectivity index (χ1) is 7.72. The number of nitrogens with one attached hydrogen (secondary N) is 1. The van der Waals surface area contributed by atoms with Crippen molar-refractivity contribution in [2.45, 2.75) is 12.8 Å². The fraction of sp³-hybridized carbons (Fsp3) is 0.385. The minimum Gasteiger partial charge on any atom is -0.350 e. The van der Waals surface area contributed by atoms with Crippen LogP contribution in [0, 0.1) is 0 Å². The monoisotopic (exact) mass is 280 g/mol. The van der Waals surface area contributed by atoms with E-state index in [1.165, 1.54) is 22.9 Å². The van der Waals surface area contributed by atoms with Crippen molar-refractivity contribution < 1.29 is 0 Å².